The molecular weight excluding hydrogens is 328 g/mol. The Hall–Kier alpha value is -1.46. The normalized spacial score (nSPS) is 19.4. The van der Waals surface area contributed by atoms with E-state index in [1.807, 2.05) is 31.2 Å². The van der Waals surface area contributed by atoms with Gasteiger partial charge in [-0.15, -0.1) is 12.4 Å². The predicted molar refractivity (Wildman–Crippen MR) is 97.9 cm³/mol. The Morgan fingerprint density at radius 2 is 1.88 bits per heavy atom. The van der Waals surface area contributed by atoms with Crippen LogP contribution in [0.4, 0.5) is 0 Å². The van der Waals surface area contributed by atoms with Crippen molar-refractivity contribution in [2.45, 2.75) is 45.1 Å². The fraction of sp³-hybridized carbons (Fsp3) is 0.611. The number of nitrogens with two attached hydrogens (primary N) is 1. The first-order valence-electron chi connectivity index (χ1n) is 8.58. The van der Waals surface area contributed by atoms with Crippen LogP contribution in [0, 0.1) is 5.92 Å². The minimum atomic E-state index is 0. The van der Waals surface area contributed by atoms with Gasteiger partial charge in [0, 0.05) is 12.5 Å². The number of hydrogen-bond donors (Lipinski definition) is 2. The number of halogens is 1. The van der Waals surface area contributed by atoms with Crippen molar-refractivity contribution in [3.63, 3.8) is 0 Å². The summed E-state index contributed by atoms with van der Waals surface area (Å²) < 4.78 is 11.0. The van der Waals surface area contributed by atoms with Crippen LogP contribution in [0.5, 0.6) is 11.5 Å². The lowest BCUT2D eigenvalue weighted by Gasteiger charge is -2.19. The molecule has 2 rings (SSSR count). The second-order valence-electron chi connectivity index (χ2n) is 5.96. The molecule has 0 heterocycles. The van der Waals surface area contributed by atoms with E-state index in [1.165, 1.54) is 0 Å². The highest BCUT2D eigenvalue weighted by atomic mass is 35.5. The van der Waals surface area contributed by atoms with Crippen molar-refractivity contribution in [3.05, 3.63) is 24.3 Å². The van der Waals surface area contributed by atoms with Gasteiger partial charge in [0.15, 0.2) is 0 Å². The monoisotopic (exact) mass is 356 g/mol. The van der Waals surface area contributed by atoms with Crippen molar-refractivity contribution < 1.29 is 14.3 Å². The Kier molecular flexibility index (Phi) is 9.57. The fourth-order valence-corrected chi connectivity index (χ4v) is 3.01. The maximum atomic E-state index is 12.0. The molecule has 0 bridgehead atoms. The summed E-state index contributed by atoms with van der Waals surface area (Å²) in [4.78, 5) is 12.0. The summed E-state index contributed by atoms with van der Waals surface area (Å²) in [5.74, 6) is 2.18. The Balaban J connectivity index is 0.00000288. The van der Waals surface area contributed by atoms with Crippen LogP contribution in [0.3, 0.4) is 0 Å². The van der Waals surface area contributed by atoms with Crippen molar-refractivity contribution in [2.24, 2.45) is 11.7 Å². The molecule has 136 valence electrons. The Morgan fingerprint density at radius 1 is 1.21 bits per heavy atom. The summed E-state index contributed by atoms with van der Waals surface area (Å²) >= 11 is 0. The molecular formula is C18H29ClN2O3. The van der Waals surface area contributed by atoms with Crippen LogP contribution in [0.15, 0.2) is 24.3 Å². The van der Waals surface area contributed by atoms with Gasteiger partial charge in [0.05, 0.1) is 13.2 Å². The quantitative estimate of drug-likeness (QED) is 0.667. The zero-order chi connectivity index (χ0) is 16.5. The van der Waals surface area contributed by atoms with Crippen molar-refractivity contribution >= 4 is 18.3 Å². The number of nitrogens with one attached hydrogen (secondary N) is 1. The summed E-state index contributed by atoms with van der Waals surface area (Å²) in [6.07, 6.45) is 4.54. The van der Waals surface area contributed by atoms with Crippen molar-refractivity contribution in [1.29, 1.82) is 0 Å². The van der Waals surface area contributed by atoms with Crippen molar-refractivity contribution in [3.8, 4) is 11.5 Å². The number of ether oxygens (including phenoxy) is 2. The van der Waals surface area contributed by atoms with Gasteiger partial charge >= 0.3 is 0 Å². The molecule has 1 aromatic rings. The van der Waals surface area contributed by atoms with Crippen LogP contribution >= 0.6 is 12.4 Å². The lowest BCUT2D eigenvalue weighted by Crippen LogP contribution is -2.39. The lowest BCUT2D eigenvalue weighted by atomic mass is 10.0. The maximum Gasteiger partial charge on any atom is 0.220 e. The second-order valence-corrected chi connectivity index (χ2v) is 5.96. The van der Waals surface area contributed by atoms with Crippen LogP contribution in [0.25, 0.3) is 0 Å². The van der Waals surface area contributed by atoms with E-state index in [-0.39, 0.29) is 24.4 Å². The minimum absolute atomic E-state index is 0. The van der Waals surface area contributed by atoms with E-state index in [4.69, 9.17) is 15.2 Å². The molecule has 5 nitrogen and oxygen atoms in total. The molecule has 0 spiro atoms. The molecule has 0 saturated heterocycles. The highest BCUT2D eigenvalue weighted by Crippen LogP contribution is 2.24. The molecule has 24 heavy (non-hydrogen) atoms. The van der Waals surface area contributed by atoms with Crippen LogP contribution in [-0.2, 0) is 4.79 Å². The number of carbonyl (C=O) groups is 1. The topological polar surface area (TPSA) is 73.6 Å². The molecule has 1 fully saturated rings. The lowest BCUT2D eigenvalue weighted by molar-refractivity contribution is -0.122. The van der Waals surface area contributed by atoms with E-state index < -0.39 is 0 Å². The largest absolute Gasteiger partial charge is 0.494 e. The Bertz CT molecular complexity index is 482. The molecule has 1 aliphatic rings. The zero-order valence-corrected chi connectivity index (χ0v) is 15.1. The smallest absolute Gasteiger partial charge is 0.220 e. The predicted octanol–water partition coefficient (Wildman–Crippen LogP) is 2.91. The average molecular weight is 357 g/mol. The fourth-order valence-electron chi connectivity index (χ4n) is 3.01. The molecule has 1 aliphatic carbocycles. The van der Waals surface area contributed by atoms with Gasteiger partial charge in [-0.1, -0.05) is 6.42 Å². The van der Waals surface area contributed by atoms with Crippen LogP contribution in [-0.4, -0.2) is 31.7 Å². The van der Waals surface area contributed by atoms with E-state index in [0.29, 0.717) is 38.5 Å². The molecule has 1 amide bonds. The van der Waals surface area contributed by atoms with E-state index in [0.717, 1.165) is 30.8 Å². The van der Waals surface area contributed by atoms with E-state index in [1.54, 1.807) is 0 Å². The maximum absolute atomic E-state index is 12.0. The van der Waals surface area contributed by atoms with Crippen LogP contribution in [0.2, 0.25) is 0 Å². The highest BCUT2D eigenvalue weighted by molar-refractivity contribution is 5.85. The Morgan fingerprint density at radius 3 is 2.50 bits per heavy atom. The minimum Gasteiger partial charge on any atom is -0.494 e. The molecule has 0 aromatic heterocycles. The van der Waals surface area contributed by atoms with Gasteiger partial charge in [-0.25, -0.2) is 0 Å². The first-order chi connectivity index (χ1) is 11.2. The van der Waals surface area contributed by atoms with E-state index in [9.17, 15) is 4.79 Å². The number of amides is 1. The van der Waals surface area contributed by atoms with Gasteiger partial charge in [-0.05, 0) is 62.9 Å². The van der Waals surface area contributed by atoms with Gasteiger partial charge in [0.25, 0.3) is 0 Å². The van der Waals surface area contributed by atoms with Gasteiger partial charge in [0.2, 0.25) is 5.91 Å². The molecule has 3 N–H and O–H groups in total. The molecule has 6 heteroatoms. The van der Waals surface area contributed by atoms with E-state index >= 15 is 0 Å². The van der Waals surface area contributed by atoms with Crippen molar-refractivity contribution in [1.82, 2.24) is 5.32 Å². The molecule has 1 aromatic carbocycles. The SMILES string of the molecule is CCOc1ccc(OCCCC(=O)NC2CCCC2CN)cc1.Cl. The van der Waals surface area contributed by atoms with Gasteiger partial charge in [-0.2, -0.15) is 0 Å². The standard InChI is InChI=1S/C18H28N2O3.ClH/c1-2-22-15-8-10-16(11-9-15)23-12-4-7-18(21)20-17-6-3-5-14(17)13-19;/h8-11,14,17H,2-7,12-13,19H2,1H3,(H,20,21);1H. The second kappa shape index (κ2) is 11.2. The first-order valence-corrected chi connectivity index (χ1v) is 8.58. The van der Waals surface area contributed by atoms with Crippen molar-refractivity contribution in [2.75, 3.05) is 19.8 Å². The molecule has 2 atom stereocenters. The summed E-state index contributed by atoms with van der Waals surface area (Å²) in [6, 6.07) is 7.81. The summed E-state index contributed by atoms with van der Waals surface area (Å²) in [6.45, 7) is 3.80. The van der Waals surface area contributed by atoms with Gasteiger partial charge in [-0.3, -0.25) is 4.79 Å². The van der Waals surface area contributed by atoms with E-state index in [2.05, 4.69) is 5.32 Å². The summed E-state index contributed by atoms with van der Waals surface area (Å²) in [7, 11) is 0. The number of rotatable bonds is 9. The molecule has 2 unspecified atom stereocenters. The average Bonchev–Trinajstić information content (AvgIpc) is 3.00. The Labute approximate surface area is 150 Å². The first kappa shape index (κ1) is 20.6. The number of hydrogen-bond acceptors (Lipinski definition) is 4. The molecule has 0 aliphatic heterocycles. The summed E-state index contributed by atoms with van der Waals surface area (Å²) in [5, 5.41) is 3.11. The summed E-state index contributed by atoms with van der Waals surface area (Å²) in [5.41, 5.74) is 5.74. The van der Waals surface area contributed by atoms with Gasteiger partial charge < -0.3 is 20.5 Å². The van der Waals surface area contributed by atoms with Crippen LogP contribution < -0.4 is 20.5 Å². The number of carbonyl (C=O) groups excluding carboxylic acids is 1. The third-order valence-corrected chi connectivity index (χ3v) is 4.26. The zero-order valence-electron chi connectivity index (χ0n) is 14.3. The third-order valence-electron chi connectivity index (χ3n) is 4.26. The molecule has 1 saturated carbocycles. The number of benzene rings is 1. The van der Waals surface area contributed by atoms with Crippen LogP contribution in [0.1, 0.15) is 39.0 Å². The third kappa shape index (κ3) is 6.57. The molecule has 0 radical (unpaired) electrons. The highest BCUT2D eigenvalue weighted by Gasteiger charge is 2.26. The van der Waals surface area contributed by atoms with Gasteiger partial charge in [0.1, 0.15) is 11.5 Å².